The first-order valence-electron chi connectivity index (χ1n) is 3.80. The molecule has 0 spiro atoms. The number of rotatable bonds is 3. The number of amides is 1. The zero-order valence-electron chi connectivity index (χ0n) is 7.29. The summed E-state index contributed by atoms with van der Waals surface area (Å²) >= 11 is 0. The second-order valence-electron chi connectivity index (χ2n) is 2.69. The van der Waals surface area contributed by atoms with Crippen LogP contribution in [0.15, 0.2) is 18.2 Å². The number of nitrogen functional groups attached to an aromatic ring is 1. The van der Waals surface area contributed by atoms with Crippen LogP contribution in [0.5, 0.6) is 0 Å². The number of hydrogen-bond donors (Lipinski definition) is 3. The maximum Gasteiger partial charge on any atom is 0.211 e. The molecule has 4 N–H and O–H groups in total. The Kier molecular flexibility index (Phi) is 2.64. The molecule has 1 aromatic carbocycles. The van der Waals surface area contributed by atoms with Gasteiger partial charge in [0.1, 0.15) is 0 Å². The van der Waals surface area contributed by atoms with Crippen LogP contribution in [-0.2, 0) is 4.79 Å². The van der Waals surface area contributed by atoms with Crippen molar-refractivity contribution in [1.29, 1.82) is 5.41 Å². The molecule has 13 heavy (non-hydrogen) atoms. The fourth-order valence-corrected chi connectivity index (χ4v) is 1.04. The van der Waals surface area contributed by atoms with Crippen molar-refractivity contribution in [1.82, 2.24) is 0 Å². The van der Waals surface area contributed by atoms with Gasteiger partial charge in [-0.15, -0.1) is 0 Å². The zero-order chi connectivity index (χ0) is 9.84. The van der Waals surface area contributed by atoms with E-state index in [1.807, 2.05) is 0 Å². The first-order chi connectivity index (χ1) is 6.15. The van der Waals surface area contributed by atoms with E-state index in [2.05, 4.69) is 5.32 Å². The highest BCUT2D eigenvalue weighted by Gasteiger charge is 2.02. The van der Waals surface area contributed by atoms with Gasteiger partial charge < -0.3 is 16.5 Å². The molecule has 0 heterocycles. The van der Waals surface area contributed by atoms with Gasteiger partial charge in [-0.2, -0.15) is 0 Å². The molecule has 0 aliphatic heterocycles. The summed E-state index contributed by atoms with van der Waals surface area (Å²) in [5.74, 6) is 0. The number of carbonyl (C=O) groups is 1. The molecule has 4 heteroatoms. The van der Waals surface area contributed by atoms with Gasteiger partial charge >= 0.3 is 0 Å². The lowest BCUT2D eigenvalue weighted by Crippen LogP contribution is -2.02. The standard InChI is InChI=1S/C9H11N3O/c1-6(10)8-4-7(12-5-13)2-3-9(8)11/h2-5,10H,11H2,1H3,(H,12,13). The molecule has 0 aliphatic carbocycles. The van der Waals surface area contributed by atoms with Gasteiger partial charge in [-0.25, -0.2) is 0 Å². The number of nitrogens with one attached hydrogen (secondary N) is 2. The van der Waals surface area contributed by atoms with Crippen LogP contribution in [0.1, 0.15) is 12.5 Å². The molecule has 4 nitrogen and oxygen atoms in total. The van der Waals surface area contributed by atoms with E-state index in [0.29, 0.717) is 29.1 Å². The largest absolute Gasteiger partial charge is 0.398 e. The Labute approximate surface area is 76.3 Å². The number of carbonyl (C=O) groups excluding carboxylic acids is 1. The van der Waals surface area contributed by atoms with Crippen molar-refractivity contribution in [2.24, 2.45) is 0 Å². The fourth-order valence-electron chi connectivity index (χ4n) is 1.04. The van der Waals surface area contributed by atoms with Crippen molar-refractivity contribution < 1.29 is 4.79 Å². The van der Waals surface area contributed by atoms with Crippen LogP contribution in [0.3, 0.4) is 0 Å². The lowest BCUT2D eigenvalue weighted by atomic mass is 10.1. The number of anilines is 2. The third kappa shape index (κ3) is 2.05. The molecule has 0 saturated carbocycles. The van der Waals surface area contributed by atoms with Gasteiger partial charge in [0.05, 0.1) is 0 Å². The molecule has 0 bridgehead atoms. The lowest BCUT2D eigenvalue weighted by Gasteiger charge is -2.05. The maximum absolute atomic E-state index is 10.1. The molecular formula is C9H11N3O. The minimum atomic E-state index is 0.382. The van der Waals surface area contributed by atoms with E-state index in [0.717, 1.165) is 0 Å². The van der Waals surface area contributed by atoms with Crippen LogP contribution in [0.4, 0.5) is 11.4 Å². The molecule has 0 aromatic heterocycles. The molecule has 1 rings (SSSR count). The van der Waals surface area contributed by atoms with E-state index >= 15 is 0 Å². The molecule has 0 saturated heterocycles. The van der Waals surface area contributed by atoms with Crippen molar-refractivity contribution in [3.8, 4) is 0 Å². The summed E-state index contributed by atoms with van der Waals surface area (Å²) in [6.07, 6.45) is 0.592. The quantitative estimate of drug-likeness (QED) is 0.369. The van der Waals surface area contributed by atoms with Crippen molar-refractivity contribution in [3.63, 3.8) is 0 Å². The predicted molar refractivity (Wildman–Crippen MR) is 53.0 cm³/mol. The van der Waals surface area contributed by atoms with Crippen LogP contribution in [0.2, 0.25) is 0 Å². The van der Waals surface area contributed by atoms with E-state index in [4.69, 9.17) is 11.1 Å². The molecule has 1 amide bonds. The maximum atomic E-state index is 10.1. The summed E-state index contributed by atoms with van der Waals surface area (Å²) in [5, 5.41) is 9.91. The van der Waals surface area contributed by atoms with Gasteiger partial charge in [0, 0.05) is 22.6 Å². The fraction of sp³-hybridized carbons (Fsp3) is 0.111. The van der Waals surface area contributed by atoms with E-state index in [1.54, 1.807) is 25.1 Å². The number of benzene rings is 1. The van der Waals surface area contributed by atoms with Crippen LogP contribution in [0, 0.1) is 5.41 Å². The molecule has 68 valence electrons. The average molecular weight is 177 g/mol. The first kappa shape index (κ1) is 9.25. The second kappa shape index (κ2) is 3.71. The Morgan fingerprint density at radius 2 is 2.31 bits per heavy atom. The lowest BCUT2D eigenvalue weighted by molar-refractivity contribution is -0.105. The molecule has 0 unspecified atom stereocenters. The van der Waals surface area contributed by atoms with Gasteiger partial charge in [-0.1, -0.05) is 0 Å². The van der Waals surface area contributed by atoms with E-state index < -0.39 is 0 Å². The van der Waals surface area contributed by atoms with Gasteiger partial charge in [-0.05, 0) is 25.1 Å². The van der Waals surface area contributed by atoms with Gasteiger partial charge in [0.2, 0.25) is 6.41 Å². The second-order valence-corrected chi connectivity index (χ2v) is 2.69. The van der Waals surface area contributed by atoms with Gasteiger partial charge in [0.15, 0.2) is 0 Å². The van der Waals surface area contributed by atoms with Crippen molar-refractivity contribution >= 4 is 23.5 Å². The third-order valence-electron chi connectivity index (χ3n) is 1.68. The van der Waals surface area contributed by atoms with Crippen LogP contribution in [0.25, 0.3) is 0 Å². The molecule has 0 radical (unpaired) electrons. The van der Waals surface area contributed by atoms with Gasteiger partial charge in [0.25, 0.3) is 0 Å². The summed E-state index contributed by atoms with van der Waals surface area (Å²) in [6.45, 7) is 1.65. The molecule has 0 aliphatic rings. The predicted octanol–water partition coefficient (Wildman–Crippen LogP) is 1.22. The van der Waals surface area contributed by atoms with E-state index in [9.17, 15) is 4.79 Å². The Morgan fingerprint density at radius 3 is 2.85 bits per heavy atom. The topological polar surface area (TPSA) is 79.0 Å². The smallest absolute Gasteiger partial charge is 0.211 e. The van der Waals surface area contributed by atoms with E-state index in [1.165, 1.54) is 0 Å². The highest BCUT2D eigenvalue weighted by atomic mass is 16.1. The summed E-state index contributed by atoms with van der Waals surface area (Å²) < 4.78 is 0. The molecule has 0 atom stereocenters. The summed E-state index contributed by atoms with van der Waals surface area (Å²) in [4.78, 5) is 10.1. The van der Waals surface area contributed by atoms with Crippen LogP contribution < -0.4 is 11.1 Å². The highest BCUT2D eigenvalue weighted by Crippen LogP contribution is 2.17. The average Bonchev–Trinajstić information content (AvgIpc) is 2.08. The van der Waals surface area contributed by atoms with Gasteiger partial charge in [-0.3, -0.25) is 4.79 Å². The Balaban J connectivity index is 3.10. The first-order valence-corrected chi connectivity index (χ1v) is 3.80. The van der Waals surface area contributed by atoms with Crippen LogP contribution in [-0.4, -0.2) is 12.1 Å². The molecule has 1 aromatic rings. The Bertz CT molecular complexity index is 347. The van der Waals surface area contributed by atoms with Crippen molar-refractivity contribution in [2.45, 2.75) is 6.92 Å². The highest BCUT2D eigenvalue weighted by molar-refractivity contribution is 6.02. The van der Waals surface area contributed by atoms with E-state index in [-0.39, 0.29) is 0 Å². The zero-order valence-corrected chi connectivity index (χ0v) is 7.29. The minimum absolute atomic E-state index is 0.382. The number of nitrogens with two attached hydrogens (primary N) is 1. The molecular weight excluding hydrogens is 166 g/mol. The normalized spacial score (nSPS) is 9.31. The SMILES string of the molecule is CC(=N)c1cc(NC=O)ccc1N. The van der Waals surface area contributed by atoms with Crippen molar-refractivity contribution in [3.05, 3.63) is 23.8 Å². The Morgan fingerprint density at radius 1 is 1.62 bits per heavy atom. The summed E-state index contributed by atoms with van der Waals surface area (Å²) in [6, 6.07) is 5.03. The van der Waals surface area contributed by atoms with Crippen molar-refractivity contribution in [2.75, 3.05) is 11.1 Å². The third-order valence-corrected chi connectivity index (χ3v) is 1.68. The monoisotopic (exact) mass is 177 g/mol. The molecule has 0 fully saturated rings. The van der Waals surface area contributed by atoms with Crippen LogP contribution >= 0.6 is 0 Å². The summed E-state index contributed by atoms with van der Waals surface area (Å²) in [7, 11) is 0. The number of hydrogen-bond acceptors (Lipinski definition) is 3. The summed E-state index contributed by atoms with van der Waals surface area (Å²) in [5.41, 5.74) is 7.85. The Hall–Kier alpha value is -1.84. The minimum Gasteiger partial charge on any atom is -0.398 e.